The van der Waals surface area contributed by atoms with Crippen molar-refractivity contribution in [1.82, 2.24) is 15.5 Å². The van der Waals surface area contributed by atoms with Crippen molar-refractivity contribution >= 4 is 12.4 Å². The number of para-hydroxylation sites is 1. The van der Waals surface area contributed by atoms with Gasteiger partial charge in [0.05, 0.1) is 12.7 Å². The van der Waals surface area contributed by atoms with Crippen molar-refractivity contribution in [3.63, 3.8) is 0 Å². The number of aromatic nitrogens is 2. The maximum Gasteiger partial charge on any atom is 0.296 e. The molecule has 0 bridgehead atoms. The first-order valence-corrected chi connectivity index (χ1v) is 7.90. The second-order valence-corrected chi connectivity index (χ2v) is 6.56. The maximum atomic E-state index is 10.1. The standard InChI is InChI=1S/C17H25N3O4.ClH/c1-12-19-15(24-20-12)16(23-14-8-6-5-7-9-14)22-11-13(21)10-18-17(2,3)4;/h5-9,13,16,18,21H,10-11H2,1-4H3;1H. The largest absolute Gasteiger partial charge is 0.455 e. The van der Waals surface area contributed by atoms with Crippen LogP contribution in [-0.4, -0.2) is 40.0 Å². The minimum atomic E-state index is -0.877. The van der Waals surface area contributed by atoms with Gasteiger partial charge in [-0.3, -0.25) is 0 Å². The molecule has 2 unspecified atom stereocenters. The fourth-order valence-corrected chi connectivity index (χ4v) is 1.87. The normalized spacial score (nSPS) is 13.8. The average molecular weight is 372 g/mol. The number of aliphatic hydroxyl groups excluding tert-OH is 1. The summed E-state index contributed by atoms with van der Waals surface area (Å²) in [5.41, 5.74) is -0.0789. The molecular formula is C17H26ClN3O4. The van der Waals surface area contributed by atoms with Crippen molar-refractivity contribution in [3.05, 3.63) is 42.0 Å². The zero-order valence-corrected chi connectivity index (χ0v) is 15.7. The smallest absolute Gasteiger partial charge is 0.296 e. The highest BCUT2D eigenvalue weighted by molar-refractivity contribution is 5.85. The highest BCUT2D eigenvalue weighted by Crippen LogP contribution is 2.22. The first-order chi connectivity index (χ1) is 11.3. The van der Waals surface area contributed by atoms with Crippen LogP contribution in [0.25, 0.3) is 0 Å². The van der Waals surface area contributed by atoms with Crippen LogP contribution >= 0.6 is 12.4 Å². The van der Waals surface area contributed by atoms with Crippen LogP contribution < -0.4 is 10.1 Å². The van der Waals surface area contributed by atoms with E-state index in [9.17, 15) is 5.11 Å². The van der Waals surface area contributed by atoms with E-state index in [4.69, 9.17) is 14.0 Å². The van der Waals surface area contributed by atoms with E-state index in [-0.39, 0.29) is 30.4 Å². The molecule has 2 atom stereocenters. The Kier molecular flexibility index (Phi) is 8.31. The monoisotopic (exact) mass is 371 g/mol. The molecule has 0 aliphatic rings. The summed E-state index contributed by atoms with van der Waals surface area (Å²) >= 11 is 0. The van der Waals surface area contributed by atoms with Crippen LogP contribution in [0.1, 0.15) is 38.8 Å². The van der Waals surface area contributed by atoms with E-state index in [0.717, 1.165) is 0 Å². The summed E-state index contributed by atoms with van der Waals surface area (Å²) in [6, 6.07) is 9.21. The van der Waals surface area contributed by atoms with Crippen LogP contribution in [0, 0.1) is 6.92 Å². The zero-order chi connectivity index (χ0) is 17.6. The van der Waals surface area contributed by atoms with E-state index in [1.54, 1.807) is 19.1 Å². The van der Waals surface area contributed by atoms with Crippen molar-refractivity contribution in [1.29, 1.82) is 0 Å². The Labute approximate surface area is 154 Å². The lowest BCUT2D eigenvalue weighted by Gasteiger charge is -2.23. The lowest BCUT2D eigenvalue weighted by Crippen LogP contribution is -2.42. The number of benzene rings is 1. The van der Waals surface area contributed by atoms with Gasteiger partial charge in [-0.2, -0.15) is 4.98 Å². The molecule has 2 aromatic rings. The molecule has 0 spiro atoms. The summed E-state index contributed by atoms with van der Waals surface area (Å²) in [5, 5.41) is 17.0. The molecule has 1 heterocycles. The number of nitrogens with one attached hydrogen (secondary N) is 1. The van der Waals surface area contributed by atoms with E-state index in [2.05, 4.69) is 15.5 Å². The van der Waals surface area contributed by atoms with Crippen LogP contribution in [0.4, 0.5) is 0 Å². The van der Waals surface area contributed by atoms with E-state index in [1.807, 2.05) is 39.0 Å². The van der Waals surface area contributed by atoms with Crippen molar-refractivity contribution in [2.75, 3.05) is 13.2 Å². The first kappa shape index (κ1) is 21.4. The average Bonchev–Trinajstić information content (AvgIpc) is 2.96. The topological polar surface area (TPSA) is 89.6 Å². The molecule has 0 amide bonds. The molecular weight excluding hydrogens is 346 g/mol. The number of β-amino-alcohol motifs (C(OH)–C–C–N with tert-alkyl or cyclic N) is 1. The molecule has 0 radical (unpaired) electrons. The van der Waals surface area contributed by atoms with Gasteiger partial charge < -0.3 is 24.4 Å². The lowest BCUT2D eigenvalue weighted by molar-refractivity contribution is -0.123. The van der Waals surface area contributed by atoms with Crippen molar-refractivity contribution in [2.24, 2.45) is 0 Å². The third-order valence-corrected chi connectivity index (χ3v) is 3.04. The Morgan fingerprint density at radius 2 is 1.92 bits per heavy atom. The molecule has 1 aromatic heterocycles. The number of aliphatic hydroxyl groups is 1. The summed E-state index contributed by atoms with van der Waals surface area (Å²) in [7, 11) is 0. The minimum Gasteiger partial charge on any atom is -0.455 e. The van der Waals surface area contributed by atoms with Crippen LogP contribution in [-0.2, 0) is 4.74 Å². The van der Waals surface area contributed by atoms with Crippen LogP contribution in [0.2, 0.25) is 0 Å². The number of hydrogen-bond acceptors (Lipinski definition) is 7. The molecule has 7 nitrogen and oxygen atoms in total. The predicted octanol–water partition coefficient (Wildman–Crippen LogP) is 2.64. The van der Waals surface area contributed by atoms with Gasteiger partial charge in [0.15, 0.2) is 5.82 Å². The molecule has 0 saturated heterocycles. The third-order valence-electron chi connectivity index (χ3n) is 3.04. The fourth-order valence-electron chi connectivity index (χ4n) is 1.87. The second-order valence-electron chi connectivity index (χ2n) is 6.56. The Morgan fingerprint density at radius 1 is 1.24 bits per heavy atom. The SMILES string of the molecule is Cc1noc(C(OCC(O)CNC(C)(C)C)Oc2ccccc2)n1.Cl. The quantitative estimate of drug-likeness (QED) is 0.689. The number of aryl methyl sites for hydroxylation is 1. The fraction of sp³-hybridized carbons (Fsp3) is 0.529. The number of rotatable bonds is 8. The van der Waals surface area contributed by atoms with E-state index >= 15 is 0 Å². The highest BCUT2D eigenvalue weighted by atomic mass is 35.5. The minimum absolute atomic E-state index is 0. The maximum absolute atomic E-state index is 10.1. The molecule has 0 saturated carbocycles. The lowest BCUT2D eigenvalue weighted by atomic mass is 10.1. The summed E-state index contributed by atoms with van der Waals surface area (Å²) in [6.07, 6.45) is -1.56. The third kappa shape index (κ3) is 7.83. The van der Waals surface area contributed by atoms with Crippen LogP contribution in [0.15, 0.2) is 34.9 Å². The number of ether oxygens (including phenoxy) is 2. The predicted molar refractivity (Wildman–Crippen MR) is 95.8 cm³/mol. The summed E-state index contributed by atoms with van der Waals surface area (Å²) in [4.78, 5) is 4.15. The molecule has 0 aliphatic heterocycles. The summed E-state index contributed by atoms with van der Waals surface area (Å²) < 4.78 is 16.6. The number of nitrogens with zero attached hydrogens (tertiary/aromatic N) is 2. The number of hydrogen-bond donors (Lipinski definition) is 2. The van der Waals surface area contributed by atoms with E-state index in [1.165, 1.54) is 0 Å². The van der Waals surface area contributed by atoms with Crippen molar-refractivity contribution in [2.45, 2.75) is 45.6 Å². The Morgan fingerprint density at radius 3 is 2.48 bits per heavy atom. The molecule has 0 fully saturated rings. The van der Waals surface area contributed by atoms with Gasteiger partial charge in [0.2, 0.25) is 0 Å². The van der Waals surface area contributed by atoms with Gasteiger partial charge in [-0.15, -0.1) is 12.4 Å². The number of halogens is 1. The van der Waals surface area contributed by atoms with Gasteiger partial charge in [-0.25, -0.2) is 0 Å². The molecule has 8 heteroatoms. The summed E-state index contributed by atoms with van der Waals surface area (Å²) in [5.74, 6) is 1.32. The molecule has 140 valence electrons. The molecule has 1 aromatic carbocycles. The molecule has 2 rings (SSSR count). The Balaban J connectivity index is 0.00000312. The molecule has 0 aliphatic carbocycles. The molecule has 2 N–H and O–H groups in total. The Bertz CT molecular complexity index is 616. The van der Waals surface area contributed by atoms with E-state index < -0.39 is 12.4 Å². The highest BCUT2D eigenvalue weighted by Gasteiger charge is 2.23. The van der Waals surface area contributed by atoms with Crippen LogP contribution in [0.3, 0.4) is 0 Å². The Hall–Kier alpha value is -1.67. The van der Waals surface area contributed by atoms with Crippen LogP contribution in [0.5, 0.6) is 5.75 Å². The van der Waals surface area contributed by atoms with Gasteiger partial charge in [-0.05, 0) is 39.8 Å². The van der Waals surface area contributed by atoms with Crippen molar-refractivity contribution in [3.8, 4) is 5.75 Å². The van der Waals surface area contributed by atoms with Crippen molar-refractivity contribution < 1.29 is 19.1 Å². The van der Waals surface area contributed by atoms with Gasteiger partial charge in [0, 0.05) is 12.1 Å². The van der Waals surface area contributed by atoms with Gasteiger partial charge in [0.25, 0.3) is 12.2 Å². The van der Waals surface area contributed by atoms with Gasteiger partial charge >= 0.3 is 0 Å². The second kappa shape index (κ2) is 9.72. The summed E-state index contributed by atoms with van der Waals surface area (Å²) in [6.45, 7) is 8.29. The van der Waals surface area contributed by atoms with Gasteiger partial charge in [0.1, 0.15) is 5.75 Å². The molecule has 25 heavy (non-hydrogen) atoms. The van der Waals surface area contributed by atoms with E-state index in [0.29, 0.717) is 18.1 Å². The zero-order valence-electron chi connectivity index (χ0n) is 14.9. The van der Waals surface area contributed by atoms with Gasteiger partial charge in [-0.1, -0.05) is 23.4 Å². The first-order valence-electron chi connectivity index (χ1n) is 7.90.